The van der Waals surface area contributed by atoms with Crippen molar-refractivity contribution in [1.82, 2.24) is 9.55 Å². The predicted octanol–water partition coefficient (Wildman–Crippen LogP) is 5.08. The molecule has 2 bridgehead atoms. The van der Waals surface area contributed by atoms with Gasteiger partial charge >= 0.3 is 5.69 Å². The molecule has 1 atom stereocenters. The summed E-state index contributed by atoms with van der Waals surface area (Å²) >= 11 is 5.98. The second-order valence-corrected chi connectivity index (χ2v) is 8.90. The van der Waals surface area contributed by atoms with Gasteiger partial charge in [0.15, 0.2) is 17.4 Å². The molecule has 0 spiro atoms. The van der Waals surface area contributed by atoms with E-state index in [4.69, 9.17) is 21.1 Å². The Morgan fingerprint density at radius 2 is 1.94 bits per heavy atom. The summed E-state index contributed by atoms with van der Waals surface area (Å²) in [5.41, 5.74) is 0.606. The van der Waals surface area contributed by atoms with Crippen LogP contribution < -0.4 is 20.1 Å². The summed E-state index contributed by atoms with van der Waals surface area (Å²) in [6.07, 6.45) is 2.19. The zero-order valence-corrected chi connectivity index (χ0v) is 18.7. The predicted molar refractivity (Wildman–Crippen MR) is 120 cm³/mol. The monoisotopic (exact) mass is 473 g/mol. The van der Waals surface area contributed by atoms with Gasteiger partial charge in [0.25, 0.3) is 0 Å². The molecule has 2 aliphatic rings. The fraction of sp³-hybridized carbons (Fsp3) is 0.333. The van der Waals surface area contributed by atoms with Crippen molar-refractivity contribution in [2.45, 2.75) is 32.9 Å². The number of benzene rings is 2. The van der Waals surface area contributed by atoms with Crippen LogP contribution in [0.15, 0.2) is 41.2 Å². The highest BCUT2D eigenvalue weighted by molar-refractivity contribution is 6.31. The molecule has 1 saturated heterocycles. The van der Waals surface area contributed by atoms with Crippen molar-refractivity contribution < 1.29 is 18.3 Å². The van der Waals surface area contributed by atoms with Crippen LogP contribution in [-0.2, 0) is 13.2 Å². The molecule has 1 aromatic heterocycles. The van der Waals surface area contributed by atoms with E-state index in [1.165, 1.54) is 6.07 Å². The fourth-order valence-electron chi connectivity index (χ4n) is 4.41. The third kappa shape index (κ3) is 4.39. The standard InChI is InChI=1S/C24H22ClF2N3O3/c1-14-7-17(4-5-18(14)25)33-23-19(26)8-16(9-20(23)27)13-32-21-10-22-29-6-2-3-15(11-29)12-30(22)24(31)28-21/h4-5,7-10,15H,2-3,6,11-13H2,1H3. The Morgan fingerprint density at radius 1 is 1.15 bits per heavy atom. The van der Waals surface area contributed by atoms with Crippen molar-refractivity contribution in [2.75, 3.05) is 18.0 Å². The van der Waals surface area contributed by atoms with Gasteiger partial charge in [-0.1, -0.05) is 11.6 Å². The van der Waals surface area contributed by atoms with Gasteiger partial charge in [0.05, 0.1) is 0 Å². The Kier molecular flexibility index (Phi) is 5.70. The Labute approximate surface area is 194 Å². The van der Waals surface area contributed by atoms with Crippen LogP contribution in [0.2, 0.25) is 5.02 Å². The summed E-state index contributed by atoms with van der Waals surface area (Å²) in [6, 6.07) is 8.74. The number of ether oxygens (including phenoxy) is 2. The molecule has 172 valence electrons. The molecular weight excluding hydrogens is 452 g/mol. The van der Waals surface area contributed by atoms with Crippen LogP contribution in [0, 0.1) is 24.5 Å². The highest BCUT2D eigenvalue weighted by atomic mass is 35.5. The summed E-state index contributed by atoms with van der Waals surface area (Å²) in [5, 5.41) is 0.534. The molecule has 5 rings (SSSR count). The minimum absolute atomic E-state index is 0.132. The molecule has 0 saturated carbocycles. The van der Waals surface area contributed by atoms with Crippen molar-refractivity contribution in [3.05, 3.63) is 74.7 Å². The lowest BCUT2D eigenvalue weighted by atomic mass is 9.96. The summed E-state index contributed by atoms with van der Waals surface area (Å²) in [7, 11) is 0. The quantitative estimate of drug-likeness (QED) is 0.517. The third-order valence-corrected chi connectivity index (χ3v) is 6.47. The minimum atomic E-state index is -0.862. The number of hydrogen-bond acceptors (Lipinski definition) is 5. The van der Waals surface area contributed by atoms with E-state index in [-0.39, 0.29) is 29.5 Å². The number of aryl methyl sites for hydroxylation is 1. The van der Waals surface area contributed by atoms with Crippen LogP contribution in [0.1, 0.15) is 24.0 Å². The van der Waals surface area contributed by atoms with Gasteiger partial charge in [-0.2, -0.15) is 4.98 Å². The van der Waals surface area contributed by atoms with Crippen molar-refractivity contribution in [3.63, 3.8) is 0 Å². The van der Waals surface area contributed by atoms with Gasteiger partial charge in [0.2, 0.25) is 5.88 Å². The molecule has 2 aromatic carbocycles. The van der Waals surface area contributed by atoms with E-state index in [0.29, 0.717) is 17.5 Å². The molecular formula is C24H22ClF2N3O3. The minimum Gasteiger partial charge on any atom is -0.473 e. The first-order valence-corrected chi connectivity index (χ1v) is 11.2. The van der Waals surface area contributed by atoms with E-state index in [9.17, 15) is 13.6 Å². The smallest absolute Gasteiger partial charge is 0.352 e. The fourth-order valence-corrected chi connectivity index (χ4v) is 4.53. The van der Waals surface area contributed by atoms with Gasteiger partial charge in [0, 0.05) is 30.7 Å². The maximum atomic E-state index is 14.6. The second-order valence-electron chi connectivity index (χ2n) is 8.49. The van der Waals surface area contributed by atoms with Crippen molar-refractivity contribution in [2.24, 2.45) is 5.92 Å². The molecule has 0 aliphatic carbocycles. The maximum Gasteiger partial charge on any atom is 0.352 e. The molecule has 0 radical (unpaired) electrons. The Hall–Kier alpha value is -3.13. The number of hydrogen-bond donors (Lipinski definition) is 0. The summed E-state index contributed by atoms with van der Waals surface area (Å²) in [4.78, 5) is 18.7. The second kappa shape index (κ2) is 8.67. The Morgan fingerprint density at radius 3 is 2.70 bits per heavy atom. The van der Waals surface area contributed by atoms with E-state index in [2.05, 4.69) is 9.88 Å². The number of aromatic nitrogens is 2. The number of fused-ring (bicyclic) bond motifs is 4. The van der Waals surface area contributed by atoms with Crippen LogP contribution >= 0.6 is 11.6 Å². The summed E-state index contributed by atoms with van der Waals surface area (Å²) in [5.74, 6) is -0.588. The summed E-state index contributed by atoms with van der Waals surface area (Å²) in [6.45, 7) is 4.07. The van der Waals surface area contributed by atoms with Crippen molar-refractivity contribution >= 4 is 17.4 Å². The number of halogens is 3. The SMILES string of the molecule is Cc1cc(Oc2c(F)cc(COc3cc4n(c(=O)n3)CC3CCCN4C3)cc2F)ccc1Cl. The third-order valence-electron chi connectivity index (χ3n) is 6.04. The molecule has 6 nitrogen and oxygen atoms in total. The summed E-state index contributed by atoms with van der Waals surface area (Å²) < 4.78 is 41.9. The normalized spacial score (nSPS) is 17.0. The molecule has 2 aliphatic heterocycles. The van der Waals surface area contributed by atoms with Gasteiger partial charge in [-0.05, 0) is 67.1 Å². The Bertz CT molecular complexity index is 1260. The lowest BCUT2D eigenvalue weighted by molar-refractivity contribution is 0.281. The highest BCUT2D eigenvalue weighted by Crippen LogP contribution is 2.32. The molecule has 0 amide bonds. The van der Waals surface area contributed by atoms with E-state index >= 15 is 0 Å². The number of rotatable bonds is 5. The zero-order valence-electron chi connectivity index (χ0n) is 18.0. The topological polar surface area (TPSA) is 56.6 Å². The largest absolute Gasteiger partial charge is 0.473 e. The number of anilines is 1. The molecule has 9 heteroatoms. The lowest BCUT2D eigenvalue weighted by Crippen LogP contribution is -2.46. The van der Waals surface area contributed by atoms with Crippen LogP contribution in [0.4, 0.5) is 14.6 Å². The first kappa shape index (κ1) is 21.7. The first-order chi connectivity index (χ1) is 15.9. The zero-order chi connectivity index (χ0) is 23.1. The van der Waals surface area contributed by atoms with Crippen LogP contribution in [0.25, 0.3) is 0 Å². The molecule has 33 heavy (non-hydrogen) atoms. The molecule has 3 aromatic rings. The van der Waals surface area contributed by atoms with Gasteiger partial charge in [-0.3, -0.25) is 4.57 Å². The average Bonchev–Trinajstić information content (AvgIpc) is 2.78. The van der Waals surface area contributed by atoms with Gasteiger partial charge in [-0.25, -0.2) is 13.6 Å². The maximum absolute atomic E-state index is 14.6. The van der Waals surface area contributed by atoms with Crippen molar-refractivity contribution in [3.8, 4) is 17.4 Å². The lowest BCUT2D eigenvalue weighted by Gasteiger charge is -2.40. The molecule has 1 unspecified atom stereocenters. The molecule has 0 N–H and O–H groups in total. The van der Waals surface area contributed by atoms with Crippen LogP contribution in [-0.4, -0.2) is 22.6 Å². The van der Waals surface area contributed by atoms with E-state index in [0.717, 1.165) is 49.4 Å². The van der Waals surface area contributed by atoms with E-state index in [1.54, 1.807) is 29.7 Å². The Balaban J connectivity index is 1.33. The first-order valence-electron chi connectivity index (χ1n) is 10.8. The average molecular weight is 474 g/mol. The van der Waals surface area contributed by atoms with Gasteiger partial charge < -0.3 is 14.4 Å². The van der Waals surface area contributed by atoms with Crippen LogP contribution in [0.3, 0.4) is 0 Å². The molecule has 3 heterocycles. The van der Waals surface area contributed by atoms with Crippen LogP contribution in [0.5, 0.6) is 17.4 Å². The number of piperidine rings is 1. The number of nitrogens with zero attached hydrogens (tertiary/aromatic N) is 3. The van der Waals surface area contributed by atoms with E-state index < -0.39 is 17.4 Å². The van der Waals surface area contributed by atoms with E-state index in [1.807, 2.05) is 0 Å². The molecule has 1 fully saturated rings. The highest BCUT2D eigenvalue weighted by Gasteiger charge is 2.29. The van der Waals surface area contributed by atoms with Crippen molar-refractivity contribution in [1.29, 1.82) is 0 Å². The van der Waals surface area contributed by atoms with Gasteiger partial charge in [-0.15, -0.1) is 0 Å². The van der Waals surface area contributed by atoms with Gasteiger partial charge in [0.1, 0.15) is 18.2 Å².